The van der Waals surface area contributed by atoms with E-state index in [0.717, 1.165) is 12.8 Å². The Morgan fingerprint density at radius 3 is 2.43 bits per heavy atom. The molecule has 1 aliphatic carbocycles. The van der Waals surface area contributed by atoms with E-state index in [1.54, 1.807) is 0 Å². The highest BCUT2D eigenvalue weighted by molar-refractivity contribution is 5.91. The number of carbonyl (C=O) groups is 1. The van der Waals surface area contributed by atoms with Gasteiger partial charge >= 0.3 is 0 Å². The van der Waals surface area contributed by atoms with Crippen molar-refractivity contribution in [3.8, 4) is 0 Å². The van der Waals surface area contributed by atoms with Crippen LogP contribution in [0.2, 0.25) is 0 Å². The molecule has 0 radical (unpaired) electrons. The van der Waals surface area contributed by atoms with Crippen LogP contribution in [0.25, 0.3) is 0 Å². The molecule has 0 aromatic heterocycles. The molecule has 0 N–H and O–H groups in total. The first kappa shape index (κ1) is 11.7. The van der Waals surface area contributed by atoms with Gasteiger partial charge in [-0.05, 0) is 26.7 Å². The summed E-state index contributed by atoms with van der Waals surface area (Å²) in [6, 6.07) is 0. The van der Waals surface area contributed by atoms with E-state index in [-0.39, 0.29) is 17.1 Å². The topological polar surface area (TPSA) is 26.3 Å². The minimum absolute atomic E-state index is 0.0954. The molecule has 1 fully saturated rings. The second kappa shape index (κ2) is 3.65. The number of ether oxygens (including phenoxy) is 1. The molecule has 14 heavy (non-hydrogen) atoms. The van der Waals surface area contributed by atoms with E-state index in [1.807, 2.05) is 6.92 Å². The Kier molecular flexibility index (Phi) is 3.05. The van der Waals surface area contributed by atoms with Crippen molar-refractivity contribution < 1.29 is 9.53 Å². The van der Waals surface area contributed by atoms with Gasteiger partial charge in [0.25, 0.3) is 0 Å². The summed E-state index contributed by atoms with van der Waals surface area (Å²) in [7, 11) is 0. The molecule has 0 bridgehead atoms. The van der Waals surface area contributed by atoms with Crippen LogP contribution in [0.4, 0.5) is 0 Å². The summed E-state index contributed by atoms with van der Waals surface area (Å²) in [5.41, 5.74) is -0.311. The standard InChI is InChI=1S/C12H22O2/c1-6-11(3,4)14-10-8-9(13)12(10,5)7-2/h10H,6-8H2,1-5H3. The summed E-state index contributed by atoms with van der Waals surface area (Å²) in [5, 5.41) is 0. The van der Waals surface area contributed by atoms with Crippen molar-refractivity contribution >= 4 is 5.78 Å². The molecule has 1 saturated carbocycles. The molecule has 0 spiro atoms. The highest BCUT2D eigenvalue weighted by Crippen LogP contribution is 2.44. The van der Waals surface area contributed by atoms with Gasteiger partial charge in [0.05, 0.1) is 17.1 Å². The van der Waals surface area contributed by atoms with E-state index in [0.29, 0.717) is 12.2 Å². The molecule has 0 aromatic carbocycles. The van der Waals surface area contributed by atoms with Crippen molar-refractivity contribution in [1.29, 1.82) is 0 Å². The van der Waals surface area contributed by atoms with E-state index in [1.165, 1.54) is 0 Å². The van der Waals surface area contributed by atoms with Crippen molar-refractivity contribution in [3.63, 3.8) is 0 Å². The van der Waals surface area contributed by atoms with Crippen LogP contribution in [0.15, 0.2) is 0 Å². The number of rotatable bonds is 4. The molecule has 1 aliphatic rings. The summed E-state index contributed by atoms with van der Waals surface area (Å²) in [4.78, 5) is 11.5. The zero-order valence-corrected chi connectivity index (χ0v) is 10.0. The summed E-state index contributed by atoms with van der Waals surface area (Å²) < 4.78 is 5.98. The summed E-state index contributed by atoms with van der Waals surface area (Å²) in [5.74, 6) is 0.358. The molecule has 0 amide bonds. The largest absolute Gasteiger partial charge is 0.371 e. The fourth-order valence-corrected chi connectivity index (χ4v) is 1.74. The number of carbonyl (C=O) groups excluding carboxylic acids is 1. The van der Waals surface area contributed by atoms with Crippen molar-refractivity contribution in [2.75, 3.05) is 0 Å². The van der Waals surface area contributed by atoms with E-state index in [4.69, 9.17) is 4.74 Å². The lowest BCUT2D eigenvalue weighted by atomic mass is 9.64. The van der Waals surface area contributed by atoms with Crippen molar-refractivity contribution in [1.82, 2.24) is 0 Å². The predicted octanol–water partition coefficient (Wildman–Crippen LogP) is 2.95. The van der Waals surface area contributed by atoms with Gasteiger partial charge in [0.1, 0.15) is 5.78 Å². The van der Waals surface area contributed by atoms with Gasteiger partial charge < -0.3 is 4.74 Å². The first-order chi connectivity index (χ1) is 6.35. The Labute approximate surface area is 87.0 Å². The SMILES string of the molecule is CCC(C)(C)OC1CC(=O)C1(C)CC. The molecule has 0 saturated heterocycles. The monoisotopic (exact) mass is 198 g/mol. The average Bonchev–Trinajstić information content (AvgIpc) is 2.16. The number of hydrogen-bond acceptors (Lipinski definition) is 2. The molecule has 0 aromatic rings. The third-order valence-electron chi connectivity index (χ3n) is 3.77. The van der Waals surface area contributed by atoms with E-state index >= 15 is 0 Å². The predicted molar refractivity (Wildman–Crippen MR) is 57.3 cm³/mol. The van der Waals surface area contributed by atoms with Gasteiger partial charge in [-0.25, -0.2) is 0 Å². The Bertz CT molecular complexity index is 232. The molecule has 2 unspecified atom stereocenters. The Morgan fingerprint density at radius 1 is 1.50 bits per heavy atom. The van der Waals surface area contributed by atoms with Gasteiger partial charge in [-0.3, -0.25) is 4.79 Å². The van der Waals surface area contributed by atoms with Gasteiger partial charge in [0.2, 0.25) is 0 Å². The van der Waals surface area contributed by atoms with E-state index in [9.17, 15) is 4.79 Å². The minimum atomic E-state index is -0.216. The molecular weight excluding hydrogens is 176 g/mol. The zero-order chi connectivity index (χ0) is 11.0. The molecule has 82 valence electrons. The van der Waals surface area contributed by atoms with Crippen LogP contribution in [0, 0.1) is 5.41 Å². The number of Topliss-reactive ketones (excluding diaryl/α,β-unsaturated/α-hetero) is 1. The van der Waals surface area contributed by atoms with E-state index < -0.39 is 0 Å². The third kappa shape index (κ3) is 1.85. The maximum atomic E-state index is 11.5. The molecule has 2 atom stereocenters. The zero-order valence-electron chi connectivity index (χ0n) is 10.0. The molecule has 0 heterocycles. The van der Waals surface area contributed by atoms with Crippen LogP contribution in [0.5, 0.6) is 0 Å². The number of ketones is 1. The summed E-state index contributed by atoms with van der Waals surface area (Å²) in [6.45, 7) is 10.4. The third-order valence-corrected chi connectivity index (χ3v) is 3.77. The molecule has 2 heteroatoms. The van der Waals surface area contributed by atoms with Gasteiger partial charge in [-0.15, -0.1) is 0 Å². The second-order valence-corrected chi connectivity index (χ2v) is 5.12. The lowest BCUT2D eigenvalue weighted by Crippen LogP contribution is -2.55. The number of hydrogen-bond donors (Lipinski definition) is 0. The Morgan fingerprint density at radius 2 is 2.07 bits per heavy atom. The quantitative estimate of drug-likeness (QED) is 0.694. The highest BCUT2D eigenvalue weighted by Gasteiger charge is 2.51. The lowest BCUT2D eigenvalue weighted by molar-refractivity contribution is -0.183. The highest BCUT2D eigenvalue weighted by atomic mass is 16.5. The van der Waals surface area contributed by atoms with Crippen LogP contribution < -0.4 is 0 Å². The summed E-state index contributed by atoms with van der Waals surface area (Å²) >= 11 is 0. The maximum Gasteiger partial charge on any atom is 0.143 e. The molecule has 0 aliphatic heterocycles. The second-order valence-electron chi connectivity index (χ2n) is 5.12. The molecule has 1 rings (SSSR count). The first-order valence-corrected chi connectivity index (χ1v) is 5.57. The van der Waals surface area contributed by atoms with Crippen LogP contribution in [0.1, 0.15) is 53.9 Å². The Hall–Kier alpha value is -0.370. The van der Waals surface area contributed by atoms with Crippen molar-refractivity contribution in [3.05, 3.63) is 0 Å². The molecule has 2 nitrogen and oxygen atoms in total. The van der Waals surface area contributed by atoms with Crippen molar-refractivity contribution in [2.45, 2.75) is 65.6 Å². The normalized spacial score (nSPS) is 32.9. The average molecular weight is 198 g/mol. The maximum absolute atomic E-state index is 11.5. The van der Waals surface area contributed by atoms with Gasteiger partial charge in [0.15, 0.2) is 0 Å². The fourth-order valence-electron chi connectivity index (χ4n) is 1.74. The Balaban J connectivity index is 2.61. The summed E-state index contributed by atoms with van der Waals surface area (Å²) in [6.07, 6.45) is 2.61. The van der Waals surface area contributed by atoms with Crippen LogP contribution >= 0.6 is 0 Å². The van der Waals surface area contributed by atoms with E-state index in [2.05, 4.69) is 27.7 Å². The van der Waals surface area contributed by atoms with Crippen LogP contribution in [0.3, 0.4) is 0 Å². The van der Waals surface area contributed by atoms with Gasteiger partial charge in [-0.1, -0.05) is 20.8 Å². The minimum Gasteiger partial charge on any atom is -0.371 e. The molecular formula is C12H22O2. The van der Waals surface area contributed by atoms with Gasteiger partial charge in [-0.2, -0.15) is 0 Å². The van der Waals surface area contributed by atoms with Crippen molar-refractivity contribution in [2.24, 2.45) is 5.41 Å². The van der Waals surface area contributed by atoms with Gasteiger partial charge in [0, 0.05) is 6.42 Å². The first-order valence-electron chi connectivity index (χ1n) is 5.57. The van der Waals surface area contributed by atoms with Crippen LogP contribution in [-0.4, -0.2) is 17.5 Å². The smallest absolute Gasteiger partial charge is 0.143 e. The van der Waals surface area contributed by atoms with Crippen LogP contribution in [-0.2, 0) is 9.53 Å². The lowest BCUT2D eigenvalue weighted by Gasteiger charge is -2.47. The fraction of sp³-hybridized carbons (Fsp3) is 0.917.